The minimum atomic E-state index is -1.52. The van der Waals surface area contributed by atoms with E-state index in [0.717, 1.165) is 25.0 Å². The van der Waals surface area contributed by atoms with Gasteiger partial charge >= 0.3 is 0 Å². The average molecular weight is 246 g/mol. The number of halogens is 3. The van der Waals surface area contributed by atoms with Crippen LogP contribution in [0, 0.1) is 23.4 Å². The molecule has 0 saturated carbocycles. The van der Waals surface area contributed by atoms with Gasteiger partial charge in [0.05, 0.1) is 6.10 Å². The quantitative estimate of drug-likeness (QED) is 0.779. The number of aliphatic hydroxyl groups excluding tert-OH is 1. The van der Waals surface area contributed by atoms with E-state index in [1.54, 1.807) is 0 Å². The van der Waals surface area contributed by atoms with E-state index in [-0.39, 0.29) is 5.56 Å². The number of hydrogen-bond acceptors (Lipinski definition) is 1. The lowest BCUT2D eigenvalue weighted by Crippen LogP contribution is -2.05. The molecule has 1 aromatic rings. The van der Waals surface area contributed by atoms with Crippen molar-refractivity contribution in [2.75, 3.05) is 0 Å². The Balaban J connectivity index is 2.69. The maximum absolute atomic E-state index is 13.3. The molecule has 0 spiro atoms. The van der Waals surface area contributed by atoms with Crippen molar-refractivity contribution in [1.29, 1.82) is 0 Å². The summed E-state index contributed by atoms with van der Waals surface area (Å²) in [5.41, 5.74) is -0.173. The third kappa shape index (κ3) is 3.73. The number of rotatable bonds is 5. The predicted molar refractivity (Wildman–Crippen MR) is 60.0 cm³/mol. The first-order valence-electron chi connectivity index (χ1n) is 5.75. The highest BCUT2D eigenvalue weighted by atomic mass is 19.2. The molecule has 0 aliphatic heterocycles. The van der Waals surface area contributed by atoms with Crippen LogP contribution >= 0.6 is 0 Å². The van der Waals surface area contributed by atoms with E-state index >= 15 is 0 Å². The smallest absolute Gasteiger partial charge is 0.194 e. The molecule has 1 N–H and O–H groups in total. The Morgan fingerprint density at radius 2 is 1.71 bits per heavy atom. The molecule has 0 aromatic heterocycles. The lowest BCUT2D eigenvalue weighted by atomic mass is 9.99. The zero-order chi connectivity index (χ0) is 13.0. The van der Waals surface area contributed by atoms with Gasteiger partial charge in [-0.25, -0.2) is 13.2 Å². The van der Waals surface area contributed by atoms with Gasteiger partial charge in [0, 0.05) is 5.56 Å². The van der Waals surface area contributed by atoms with E-state index in [1.807, 2.05) is 13.8 Å². The Hall–Kier alpha value is -1.03. The molecular weight excluding hydrogens is 229 g/mol. The van der Waals surface area contributed by atoms with Crippen LogP contribution in [0.2, 0.25) is 0 Å². The van der Waals surface area contributed by atoms with E-state index < -0.39 is 23.6 Å². The minimum Gasteiger partial charge on any atom is -0.388 e. The van der Waals surface area contributed by atoms with Crippen LogP contribution in [0.4, 0.5) is 13.2 Å². The molecule has 4 heteroatoms. The molecule has 0 amide bonds. The Morgan fingerprint density at radius 1 is 1.06 bits per heavy atom. The summed E-state index contributed by atoms with van der Waals surface area (Å²) in [4.78, 5) is 0. The molecule has 17 heavy (non-hydrogen) atoms. The Bertz CT molecular complexity index is 377. The predicted octanol–water partition coefficient (Wildman–Crippen LogP) is 3.96. The zero-order valence-electron chi connectivity index (χ0n) is 10.0. The molecule has 0 aliphatic carbocycles. The monoisotopic (exact) mass is 246 g/mol. The zero-order valence-corrected chi connectivity index (χ0v) is 10.0. The van der Waals surface area contributed by atoms with Crippen LogP contribution in [0.1, 0.15) is 44.8 Å². The SMILES string of the molecule is CC(C)CCCC(O)c1ccc(F)c(F)c1F. The summed E-state index contributed by atoms with van der Waals surface area (Å²) in [5.74, 6) is -3.55. The van der Waals surface area contributed by atoms with Gasteiger partial charge in [-0.2, -0.15) is 0 Å². The summed E-state index contributed by atoms with van der Waals surface area (Å²) in [7, 11) is 0. The van der Waals surface area contributed by atoms with Gasteiger partial charge in [0.25, 0.3) is 0 Å². The van der Waals surface area contributed by atoms with Crippen molar-refractivity contribution in [2.45, 2.75) is 39.2 Å². The highest BCUT2D eigenvalue weighted by molar-refractivity contribution is 5.22. The normalized spacial score (nSPS) is 13.1. The summed E-state index contributed by atoms with van der Waals surface area (Å²) in [6.07, 6.45) is 0.892. The van der Waals surface area contributed by atoms with Gasteiger partial charge in [0.2, 0.25) is 0 Å². The highest BCUT2D eigenvalue weighted by Gasteiger charge is 2.18. The molecule has 1 nitrogen and oxygen atoms in total. The molecule has 0 bridgehead atoms. The molecule has 96 valence electrons. The second-order valence-electron chi connectivity index (χ2n) is 4.61. The summed E-state index contributed by atoms with van der Waals surface area (Å²) in [6.45, 7) is 4.09. The fraction of sp³-hybridized carbons (Fsp3) is 0.538. The van der Waals surface area contributed by atoms with Gasteiger partial charge in [-0.1, -0.05) is 32.8 Å². The molecule has 1 unspecified atom stereocenters. The topological polar surface area (TPSA) is 20.2 Å². The molecule has 0 fully saturated rings. The molecule has 1 atom stereocenters. The van der Waals surface area contributed by atoms with Crippen LogP contribution in [-0.4, -0.2) is 5.11 Å². The van der Waals surface area contributed by atoms with Gasteiger partial charge in [-0.3, -0.25) is 0 Å². The first-order valence-corrected chi connectivity index (χ1v) is 5.75. The van der Waals surface area contributed by atoms with Crippen molar-refractivity contribution in [3.63, 3.8) is 0 Å². The van der Waals surface area contributed by atoms with Gasteiger partial charge in [-0.15, -0.1) is 0 Å². The van der Waals surface area contributed by atoms with Crippen molar-refractivity contribution in [2.24, 2.45) is 5.92 Å². The van der Waals surface area contributed by atoms with E-state index in [1.165, 1.54) is 0 Å². The van der Waals surface area contributed by atoms with E-state index in [4.69, 9.17) is 0 Å². The number of hydrogen-bond donors (Lipinski definition) is 1. The highest BCUT2D eigenvalue weighted by Crippen LogP contribution is 2.25. The Labute approximate surface area is 99.3 Å². The largest absolute Gasteiger partial charge is 0.388 e. The van der Waals surface area contributed by atoms with Crippen LogP contribution < -0.4 is 0 Å². The minimum absolute atomic E-state index is 0.173. The van der Waals surface area contributed by atoms with E-state index in [0.29, 0.717) is 12.3 Å². The van der Waals surface area contributed by atoms with E-state index in [2.05, 4.69) is 0 Å². The van der Waals surface area contributed by atoms with Crippen LogP contribution in [0.3, 0.4) is 0 Å². The lowest BCUT2D eigenvalue weighted by molar-refractivity contribution is 0.156. The third-order valence-corrected chi connectivity index (χ3v) is 2.68. The molecule has 1 aromatic carbocycles. The van der Waals surface area contributed by atoms with E-state index in [9.17, 15) is 18.3 Å². The van der Waals surface area contributed by atoms with Crippen LogP contribution in [-0.2, 0) is 0 Å². The maximum Gasteiger partial charge on any atom is 0.194 e. The first-order chi connectivity index (χ1) is 7.93. The maximum atomic E-state index is 13.3. The van der Waals surface area contributed by atoms with Crippen LogP contribution in [0.15, 0.2) is 12.1 Å². The molecule has 0 heterocycles. The lowest BCUT2D eigenvalue weighted by Gasteiger charge is -2.13. The standard InChI is InChI=1S/C13H17F3O/c1-8(2)4-3-5-11(17)9-6-7-10(14)13(16)12(9)15/h6-8,11,17H,3-5H2,1-2H3. The summed E-state index contributed by atoms with van der Waals surface area (Å²) < 4.78 is 38.9. The van der Waals surface area contributed by atoms with Gasteiger partial charge in [0.1, 0.15) is 0 Å². The van der Waals surface area contributed by atoms with Crippen molar-refractivity contribution >= 4 is 0 Å². The second kappa shape index (κ2) is 6.05. The molecule has 0 radical (unpaired) electrons. The fourth-order valence-electron chi connectivity index (χ4n) is 1.67. The van der Waals surface area contributed by atoms with Crippen molar-refractivity contribution in [3.05, 3.63) is 35.1 Å². The molecule has 1 rings (SSSR count). The second-order valence-corrected chi connectivity index (χ2v) is 4.61. The Kier molecular flexibility index (Phi) is 5.00. The van der Waals surface area contributed by atoms with Crippen molar-refractivity contribution < 1.29 is 18.3 Å². The van der Waals surface area contributed by atoms with Gasteiger partial charge in [0.15, 0.2) is 17.5 Å². The van der Waals surface area contributed by atoms with Crippen molar-refractivity contribution in [1.82, 2.24) is 0 Å². The molecule has 0 saturated heterocycles. The third-order valence-electron chi connectivity index (χ3n) is 2.68. The average Bonchev–Trinajstić information content (AvgIpc) is 2.25. The number of aliphatic hydroxyl groups is 1. The molecule has 0 aliphatic rings. The van der Waals surface area contributed by atoms with Gasteiger partial charge in [-0.05, 0) is 18.4 Å². The van der Waals surface area contributed by atoms with Crippen molar-refractivity contribution in [3.8, 4) is 0 Å². The fourth-order valence-corrected chi connectivity index (χ4v) is 1.67. The number of benzene rings is 1. The Morgan fingerprint density at radius 3 is 2.29 bits per heavy atom. The summed E-state index contributed by atoms with van der Waals surface area (Å²) in [6, 6.07) is 1.92. The summed E-state index contributed by atoms with van der Waals surface area (Å²) in [5, 5.41) is 9.70. The molecular formula is C13H17F3O. The van der Waals surface area contributed by atoms with Crippen LogP contribution in [0.5, 0.6) is 0 Å². The van der Waals surface area contributed by atoms with Crippen LogP contribution in [0.25, 0.3) is 0 Å². The van der Waals surface area contributed by atoms with Gasteiger partial charge < -0.3 is 5.11 Å². The summed E-state index contributed by atoms with van der Waals surface area (Å²) >= 11 is 0. The first kappa shape index (κ1) is 14.0.